The number of carbonyl (C=O) groups excluding carboxylic acids is 1. The average Bonchev–Trinajstić information content (AvgIpc) is 2.56. The van der Waals surface area contributed by atoms with E-state index in [-0.39, 0.29) is 12.4 Å². The van der Waals surface area contributed by atoms with Gasteiger partial charge in [0.1, 0.15) is 5.82 Å². The molecule has 25 heavy (non-hydrogen) atoms. The first-order chi connectivity index (χ1) is 11.8. The van der Waals surface area contributed by atoms with Crippen LogP contribution in [-0.4, -0.2) is 23.7 Å². The van der Waals surface area contributed by atoms with Crippen LogP contribution in [0.1, 0.15) is 11.1 Å². The lowest BCUT2D eigenvalue weighted by Crippen LogP contribution is -2.23. The number of pyridine rings is 1. The molecule has 0 bridgehead atoms. The minimum absolute atomic E-state index is 0.0621. The molecule has 1 heterocycles. The van der Waals surface area contributed by atoms with Crippen molar-refractivity contribution in [1.82, 2.24) is 10.3 Å². The lowest BCUT2D eigenvalue weighted by Gasteiger charge is -2.12. The molecule has 0 saturated carbocycles. The summed E-state index contributed by atoms with van der Waals surface area (Å²) in [7, 11) is 0. The van der Waals surface area contributed by atoms with Crippen molar-refractivity contribution in [2.45, 2.75) is 12.7 Å². The molecule has 2 rings (SSSR count). The topological polar surface area (TPSA) is 51.2 Å². The molecule has 0 fully saturated rings. The van der Waals surface area contributed by atoms with E-state index in [0.29, 0.717) is 11.1 Å². The molecule has 0 unspecified atom stereocenters. The number of carbonyl (C=O) groups is 1. The van der Waals surface area contributed by atoms with E-state index in [9.17, 15) is 22.4 Å². The molecule has 1 aromatic heterocycles. The number of nitrogens with zero attached hydrogens (tertiary/aromatic N) is 1. The normalized spacial score (nSPS) is 11.5. The van der Waals surface area contributed by atoms with E-state index < -0.39 is 24.5 Å². The fourth-order valence-electron chi connectivity index (χ4n) is 1.86. The van der Waals surface area contributed by atoms with E-state index >= 15 is 0 Å². The van der Waals surface area contributed by atoms with E-state index in [0.717, 1.165) is 0 Å². The molecule has 4 nitrogen and oxygen atoms in total. The Bertz CT molecular complexity index is 760. The van der Waals surface area contributed by atoms with Crippen molar-refractivity contribution in [3.8, 4) is 5.88 Å². The first-order valence-electron chi connectivity index (χ1n) is 7.18. The summed E-state index contributed by atoms with van der Waals surface area (Å²) in [6.45, 7) is -1.53. The predicted molar refractivity (Wildman–Crippen MR) is 83.1 cm³/mol. The van der Waals surface area contributed by atoms with E-state index in [1.165, 1.54) is 48.7 Å². The van der Waals surface area contributed by atoms with Crippen molar-refractivity contribution in [2.24, 2.45) is 0 Å². The Kier molecular flexibility index (Phi) is 6.10. The van der Waals surface area contributed by atoms with Crippen LogP contribution in [0.15, 0.2) is 48.7 Å². The average molecular weight is 354 g/mol. The van der Waals surface area contributed by atoms with Gasteiger partial charge in [-0.25, -0.2) is 9.37 Å². The fraction of sp³-hybridized carbons (Fsp3) is 0.176. The van der Waals surface area contributed by atoms with Gasteiger partial charge in [-0.05, 0) is 29.8 Å². The summed E-state index contributed by atoms with van der Waals surface area (Å²) in [6, 6.07) is 8.68. The van der Waals surface area contributed by atoms with Gasteiger partial charge in [0.2, 0.25) is 11.8 Å². The summed E-state index contributed by atoms with van der Waals surface area (Å²) in [6.07, 6.45) is -0.573. The number of ether oxygens (including phenoxy) is 1. The first-order valence-corrected chi connectivity index (χ1v) is 7.18. The van der Waals surface area contributed by atoms with E-state index in [1.54, 1.807) is 6.07 Å². The molecular weight excluding hydrogens is 340 g/mol. The lowest BCUT2D eigenvalue weighted by molar-refractivity contribution is -0.154. The number of rotatable bonds is 6. The van der Waals surface area contributed by atoms with Gasteiger partial charge in [-0.2, -0.15) is 13.2 Å². The lowest BCUT2D eigenvalue weighted by atomic mass is 10.2. The van der Waals surface area contributed by atoms with Crippen molar-refractivity contribution in [1.29, 1.82) is 0 Å². The monoisotopic (exact) mass is 354 g/mol. The van der Waals surface area contributed by atoms with Crippen molar-refractivity contribution >= 4 is 12.0 Å². The maximum atomic E-state index is 13.0. The zero-order valence-corrected chi connectivity index (χ0v) is 12.9. The van der Waals surface area contributed by atoms with E-state index in [4.69, 9.17) is 0 Å². The summed E-state index contributed by atoms with van der Waals surface area (Å²) in [5.74, 6) is -1.12. The predicted octanol–water partition coefficient (Wildman–Crippen LogP) is 3.49. The molecule has 0 spiro atoms. The summed E-state index contributed by atoms with van der Waals surface area (Å²) in [5.41, 5.74) is 0.810. The van der Waals surface area contributed by atoms with Crippen molar-refractivity contribution in [2.75, 3.05) is 6.61 Å². The van der Waals surface area contributed by atoms with Gasteiger partial charge < -0.3 is 10.1 Å². The van der Waals surface area contributed by atoms with Crippen LogP contribution in [-0.2, 0) is 11.3 Å². The molecule has 0 aliphatic heterocycles. The maximum absolute atomic E-state index is 13.0. The smallest absolute Gasteiger partial charge is 0.422 e. The van der Waals surface area contributed by atoms with Gasteiger partial charge in [0.05, 0.1) is 0 Å². The minimum Gasteiger partial charge on any atom is -0.468 e. The van der Waals surface area contributed by atoms with Crippen LogP contribution in [0.5, 0.6) is 5.88 Å². The number of amides is 1. The van der Waals surface area contributed by atoms with Crippen LogP contribution >= 0.6 is 0 Å². The Hall–Kier alpha value is -2.90. The van der Waals surface area contributed by atoms with E-state index in [2.05, 4.69) is 15.0 Å². The zero-order valence-electron chi connectivity index (χ0n) is 12.9. The SMILES string of the molecule is O=C(/C=C/c1cccc(F)c1)NCc1cccnc1OCC(F)(F)F. The molecule has 8 heteroatoms. The van der Waals surface area contributed by atoms with Gasteiger partial charge >= 0.3 is 6.18 Å². The number of hydrogen-bond acceptors (Lipinski definition) is 3. The molecular formula is C17H14F4N2O2. The van der Waals surface area contributed by atoms with Gasteiger partial charge in [0.15, 0.2) is 6.61 Å². The van der Waals surface area contributed by atoms with Gasteiger partial charge in [-0.1, -0.05) is 18.2 Å². The molecule has 0 atom stereocenters. The number of aromatic nitrogens is 1. The minimum atomic E-state index is -4.48. The third kappa shape index (κ3) is 6.62. The Morgan fingerprint density at radius 3 is 2.76 bits per heavy atom. The first kappa shape index (κ1) is 18.4. The van der Waals surface area contributed by atoms with Crippen LogP contribution in [0.2, 0.25) is 0 Å². The van der Waals surface area contributed by atoms with Crippen molar-refractivity contribution in [3.63, 3.8) is 0 Å². The molecule has 1 amide bonds. The summed E-state index contributed by atoms with van der Waals surface area (Å²) < 4.78 is 54.3. The summed E-state index contributed by atoms with van der Waals surface area (Å²) >= 11 is 0. The second kappa shape index (κ2) is 8.27. The molecule has 0 saturated heterocycles. The number of benzene rings is 1. The Morgan fingerprint density at radius 1 is 1.24 bits per heavy atom. The van der Waals surface area contributed by atoms with Crippen LogP contribution in [0.4, 0.5) is 17.6 Å². The van der Waals surface area contributed by atoms with Gasteiger partial charge in [-0.3, -0.25) is 4.79 Å². The molecule has 1 N–H and O–H groups in total. The third-order valence-electron chi connectivity index (χ3n) is 2.95. The van der Waals surface area contributed by atoms with Crippen LogP contribution in [0.3, 0.4) is 0 Å². The number of alkyl halides is 3. The van der Waals surface area contributed by atoms with Gasteiger partial charge in [0.25, 0.3) is 0 Å². The zero-order chi connectivity index (χ0) is 18.3. The maximum Gasteiger partial charge on any atom is 0.422 e. The van der Waals surface area contributed by atoms with Crippen LogP contribution < -0.4 is 10.1 Å². The second-order valence-corrected chi connectivity index (χ2v) is 4.98. The molecule has 1 aromatic carbocycles. The number of nitrogens with one attached hydrogen (secondary N) is 1. The van der Waals surface area contributed by atoms with Gasteiger partial charge in [-0.15, -0.1) is 0 Å². The molecule has 2 aromatic rings. The molecule has 132 valence electrons. The highest BCUT2D eigenvalue weighted by atomic mass is 19.4. The number of halogens is 4. The highest BCUT2D eigenvalue weighted by Gasteiger charge is 2.29. The van der Waals surface area contributed by atoms with E-state index in [1.807, 2.05) is 0 Å². The standard InChI is InChI=1S/C17H14F4N2O2/c18-14-5-1-3-12(9-14)6-7-15(24)23-10-13-4-2-8-22-16(13)25-11-17(19,20)21/h1-9H,10-11H2,(H,23,24)/b7-6+. The molecule has 0 radical (unpaired) electrons. The third-order valence-corrected chi connectivity index (χ3v) is 2.95. The highest BCUT2D eigenvalue weighted by Crippen LogP contribution is 2.19. The van der Waals surface area contributed by atoms with Crippen LogP contribution in [0.25, 0.3) is 6.08 Å². The largest absolute Gasteiger partial charge is 0.468 e. The Labute approximate surface area is 141 Å². The molecule has 0 aliphatic carbocycles. The van der Waals surface area contributed by atoms with Gasteiger partial charge in [0, 0.05) is 24.4 Å². The number of hydrogen-bond donors (Lipinski definition) is 1. The fourth-order valence-corrected chi connectivity index (χ4v) is 1.86. The Balaban J connectivity index is 1.93. The summed E-state index contributed by atoms with van der Waals surface area (Å²) in [4.78, 5) is 15.5. The second-order valence-electron chi connectivity index (χ2n) is 4.98. The van der Waals surface area contributed by atoms with Crippen LogP contribution in [0, 0.1) is 5.82 Å². The quantitative estimate of drug-likeness (QED) is 0.638. The van der Waals surface area contributed by atoms with Crippen molar-refractivity contribution < 1.29 is 27.1 Å². The Morgan fingerprint density at radius 2 is 2.04 bits per heavy atom. The summed E-state index contributed by atoms with van der Waals surface area (Å²) in [5, 5.41) is 2.50. The molecule has 0 aliphatic rings. The van der Waals surface area contributed by atoms with Crippen molar-refractivity contribution in [3.05, 3.63) is 65.6 Å². The highest BCUT2D eigenvalue weighted by molar-refractivity contribution is 5.91.